The summed E-state index contributed by atoms with van der Waals surface area (Å²) in [5.74, 6) is -0.0851. The van der Waals surface area contributed by atoms with E-state index in [1.165, 1.54) is 0 Å². The molecule has 1 aromatic rings. The minimum Gasteiger partial charge on any atom is -0.397 e. The number of nitrogens with one attached hydrogen (secondary N) is 1. The molecule has 104 valence electrons. The fraction of sp³-hybridized carbons (Fsp3) is 0.462. The van der Waals surface area contributed by atoms with Crippen LogP contribution in [-0.2, 0) is 4.79 Å². The summed E-state index contributed by atoms with van der Waals surface area (Å²) in [5, 5.41) is 12.7. The molecule has 0 bridgehead atoms. The lowest BCUT2D eigenvalue weighted by Crippen LogP contribution is -2.40. The quantitative estimate of drug-likeness (QED) is 0.731. The Balaban J connectivity index is 1.85. The van der Waals surface area contributed by atoms with Gasteiger partial charge in [0.15, 0.2) is 0 Å². The van der Waals surface area contributed by atoms with E-state index >= 15 is 0 Å². The summed E-state index contributed by atoms with van der Waals surface area (Å²) in [5.41, 5.74) is 6.76. The molecular formula is C13H18ClN3O2. The van der Waals surface area contributed by atoms with Crippen molar-refractivity contribution < 1.29 is 9.90 Å². The molecule has 6 heteroatoms. The Morgan fingerprint density at radius 1 is 1.47 bits per heavy atom. The fourth-order valence-electron chi connectivity index (χ4n) is 2.10. The summed E-state index contributed by atoms with van der Waals surface area (Å²) in [6.45, 7) is 1.82. The van der Waals surface area contributed by atoms with Crippen molar-refractivity contribution in [2.75, 3.05) is 30.7 Å². The highest BCUT2D eigenvalue weighted by Crippen LogP contribution is 2.22. The molecule has 1 aliphatic heterocycles. The van der Waals surface area contributed by atoms with Gasteiger partial charge in [-0.1, -0.05) is 11.6 Å². The number of hydrogen-bond donors (Lipinski definition) is 3. The van der Waals surface area contributed by atoms with E-state index in [4.69, 9.17) is 17.3 Å². The molecule has 0 radical (unpaired) electrons. The number of nitrogens with two attached hydrogens (primary N) is 1. The normalized spacial score (nSPS) is 17.4. The van der Waals surface area contributed by atoms with Crippen molar-refractivity contribution in [2.24, 2.45) is 0 Å². The maximum atomic E-state index is 11.9. The number of carbonyl (C=O) groups is 1. The molecule has 1 aliphatic rings. The lowest BCUT2D eigenvalue weighted by molar-refractivity contribution is -0.117. The van der Waals surface area contributed by atoms with Crippen molar-refractivity contribution in [3.05, 3.63) is 23.2 Å². The standard InChI is InChI=1S/C13H18ClN3O2/c14-11-2-1-9(7-12(11)15)16-13(19)8-17-5-3-10(18)4-6-17/h1-2,7,10,18H,3-6,8,15H2,(H,16,19). The average Bonchev–Trinajstić information content (AvgIpc) is 2.37. The van der Waals surface area contributed by atoms with Crippen LogP contribution >= 0.6 is 11.6 Å². The molecule has 1 amide bonds. The predicted octanol–water partition coefficient (Wildman–Crippen LogP) is 1.32. The molecule has 5 nitrogen and oxygen atoms in total. The van der Waals surface area contributed by atoms with E-state index in [1.54, 1.807) is 18.2 Å². The average molecular weight is 284 g/mol. The topological polar surface area (TPSA) is 78.6 Å². The smallest absolute Gasteiger partial charge is 0.238 e. The molecule has 1 heterocycles. The molecule has 0 unspecified atom stereocenters. The van der Waals surface area contributed by atoms with E-state index in [2.05, 4.69) is 5.32 Å². The first-order valence-electron chi connectivity index (χ1n) is 6.30. The van der Waals surface area contributed by atoms with Crippen LogP contribution in [0.15, 0.2) is 18.2 Å². The molecule has 0 spiro atoms. The molecular weight excluding hydrogens is 266 g/mol. The number of piperidine rings is 1. The summed E-state index contributed by atoms with van der Waals surface area (Å²) in [6.07, 6.45) is 1.22. The Hall–Kier alpha value is -1.30. The van der Waals surface area contributed by atoms with Crippen LogP contribution < -0.4 is 11.1 Å². The van der Waals surface area contributed by atoms with Gasteiger partial charge in [-0.05, 0) is 31.0 Å². The first kappa shape index (κ1) is 14.1. The summed E-state index contributed by atoms with van der Waals surface area (Å²) < 4.78 is 0. The highest BCUT2D eigenvalue weighted by Gasteiger charge is 2.18. The second-order valence-electron chi connectivity index (χ2n) is 4.79. The number of benzene rings is 1. The number of carbonyl (C=O) groups excluding carboxylic acids is 1. The second-order valence-corrected chi connectivity index (χ2v) is 5.20. The molecule has 19 heavy (non-hydrogen) atoms. The van der Waals surface area contributed by atoms with Crippen molar-refractivity contribution in [3.8, 4) is 0 Å². The van der Waals surface area contributed by atoms with Crippen molar-refractivity contribution in [1.82, 2.24) is 4.90 Å². The minimum absolute atomic E-state index is 0.0851. The van der Waals surface area contributed by atoms with Gasteiger partial charge in [-0.25, -0.2) is 0 Å². The minimum atomic E-state index is -0.227. The number of hydrogen-bond acceptors (Lipinski definition) is 4. The predicted molar refractivity (Wildman–Crippen MR) is 76.2 cm³/mol. The SMILES string of the molecule is Nc1cc(NC(=O)CN2CCC(O)CC2)ccc1Cl. The van der Waals surface area contributed by atoms with Crippen molar-refractivity contribution in [1.29, 1.82) is 0 Å². The lowest BCUT2D eigenvalue weighted by atomic mass is 10.1. The monoisotopic (exact) mass is 283 g/mol. The third-order valence-electron chi connectivity index (χ3n) is 3.20. The van der Waals surface area contributed by atoms with Crippen molar-refractivity contribution in [3.63, 3.8) is 0 Å². The largest absolute Gasteiger partial charge is 0.397 e. The molecule has 0 aliphatic carbocycles. The summed E-state index contributed by atoms with van der Waals surface area (Å²) in [4.78, 5) is 13.9. The zero-order chi connectivity index (χ0) is 13.8. The van der Waals surface area contributed by atoms with E-state index < -0.39 is 0 Å². The van der Waals surface area contributed by atoms with E-state index in [9.17, 15) is 9.90 Å². The number of halogens is 1. The molecule has 1 fully saturated rings. The van der Waals surface area contributed by atoms with Crippen LogP contribution in [0.5, 0.6) is 0 Å². The highest BCUT2D eigenvalue weighted by atomic mass is 35.5. The number of nitrogens with zero attached hydrogens (tertiary/aromatic N) is 1. The van der Waals surface area contributed by atoms with E-state index in [0.717, 1.165) is 25.9 Å². The third kappa shape index (κ3) is 4.09. The Labute approximate surface area is 117 Å². The molecule has 0 atom stereocenters. The number of amides is 1. The van der Waals surface area contributed by atoms with Gasteiger partial charge in [0, 0.05) is 18.8 Å². The molecule has 0 saturated carbocycles. The Bertz CT molecular complexity index is 459. The van der Waals surface area contributed by atoms with Crippen LogP contribution in [0.25, 0.3) is 0 Å². The van der Waals surface area contributed by atoms with Gasteiger partial charge in [-0.15, -0.1) is 0 Å². The summed E-state index contributed by atoms with van der Waals surface area (Å²) in [7, 11) is 0. The van der Waals surface area contributed by atoms with Gasteiger partial charge >= 0.3 is 0 Å². The van der Waals surface area contributed by atoms with Crippen LogP contribution in [0.4, 0.5) is 11.4 Å². The van der Waals surface area contributed by atoms with Gasteiger partial charge in [0.2, 0.25) is 5.91 Å². The maximum absolute atomic E-state index is 11.9. The van der Waals surface area contributed by atoms with Crippen LogP contribution in [-0.4, -0.2) is 41.7 Å². The van der Waals surface area contributed by atoms with Crippen LogP contribution in [0.3, 0.4) is 0 Å². The number of anilines is 2. The van der Waals surface area contributed by atoms with Gasteiger partial charge in [-0.2, -0.15) is 0 Å². The molecule has 1 aromatic carbocycles. The first-order valence-corrected chi connectivity index (χ1v) is 6.67. The van der Waals surface area contributed by atoms with Gasteiger partial charge < -0.3 is 16.2 Å². The van der Waals surface area contributed by atoms with Crippen molar-refractivity contribution in [2.45, 2.75) is 18.9 Å². The Kier molecular flexibility index (Phi) is 4.63. The number of likely N-dealkylation sites (tertiary alicyclic amines) is 1. The van der Waals surface area contributed by atoms with Crippen LogP contribution in [0, 0.1) is 0 Å². The zero-order valence-electron chi connectivity index (χ0n) is 10.6. The van der Waals surface area contributed by atoms with Gasteiger partial charge in [0.25, 0.3) is 0 Å². The number of rotatable bonds is 3. The van der Waals surface area contributed by atoms with Gasteiger partial charge in [0.05, 0.1) is 23.4 Å². The van der Waals surface area contributed by atoms with Crippen LogP contribution in [0.1, 0.15) is 12.8 Å². The van der Waals surface area contributed by atoms with Gasteiger partial charge in [0.1, 0.15) is 0 Å². The fourth-order valence-corrected chi connectivity index (χ4v) is 2.22. The Morgan fingerprint density at radius 3 is 2.79 bits per heavy atom. The van der Waals surface area contributed by atoms with Gasteiger partial charge in [-0.3, -0.25) is 9.69 Å². The molecule has 2 rings (SSSR count). The van der Waals surface area contributed by atoms with E-state index in [-0.39, 0.29) is 12.0 Å². The molecule has 4 N–H and O–H groups in total. The highest BCUT2D eigenvalue weighted by molar-refractivity contribution is 6.33. The zero-order valence-corrected chi connectivity index (χ0v) is 11.4. The first-order chi connectivity index (χ1) is 9.04. The summed E-state index contributed by atoms with van der Waals surface area (Å²) >= 11 is 5.82. The number of aliphatic hydroxyl groups excluding tert-OH is 1. The third-order valence-corrected chi connectivity index (χ3v) is 3.55. The van der Waals surface area contributed by atoms with Crippen molar-refractivity contribution >= 4 is 28.9 Å². The van der Waals surface area contributed by atoms with Crippen LogP contribution in [0.2, 0.25) is 5.02 Å². The Morgan fingerprint density at radius 2 is 2.16 bits per heavy atom. The van der Waals surface area contributed by atoms with E-state index in [1.807, 2.05) is 4.90 Å². The number of nitrogen functional groups attached to an aromatic ring is 1. The second kappa shape index (κ2) is 6.23. The lowest BCUT2D eigenvalue weighted by Gasteiger charge is -2.28. The molecule has 0 aromatic heterocycles. The number of aliphatic hydroxyl groups is 1. The summed E-state index contributed by atoms with van der Waals surface area (Å²) in [6, 6.07) is 5.01. The maximum Gasteiger partial charge on any atom is 0.238 e. The van der Waals surface area contributed by atoms with E-state index in [0.29, 0.717) is 22.9 Å². The molecule has 1 saturated heterocycles.